The highest BCUT2D eigenvalue weighted by Gasteiger charge is 2.46. The Morgan fingerprint density at radius 3 is 2.33 bits per heavy atom. The van der Waals surface area contributed by atoms with Crippen molar-refractivity contribution in [2.24, 2.45) is 23.7 Å². The fourth-order valence-electron chi connectivity index (χ4n) is 9.37. The van der Waals surface area contributed by atoms with Gasteiger partial charge in [0.05, 0.1) is 55.1 Å². The van der Waals surface area contributed by atoms with E-state index in [1.165, 1.54) is 7.11 Å². The van der Waals surface area contributed by atoms with Crippen LogP contribution in [-0.2, 0) is 46.3 Å². The van der Waals surface area contributed by atoms with Gasteiger partial charge in [0.1, 0.15) is 6.04 Å². The molecule has 16 heteroatoms. The van der Waals surface area contributed by atoms with Gasteiger partial charge >= 0.3 is 0 Å². The second-order valence-electron chi connectivity index (χ2n) is 17.0. The fraction of sp³-hybridized carbons (Fsp3) is 0.714. The number of methoxy groups -OCH3 is 2. The number of aromatic nitrogens is 4. The molecule has 3 heterocycles. The number of Topliss-reactive ketones (excluding diaryl/α,β-unsaturated/α-hetero) is 1. The smallest absolute Gasteiger partial charge is 0.245 e. The number of hydrogen-bond acceptors (Lipinski definition) is 11. The minimum Gasteiger partial charge on any atom is -0.379 e. The van der Waals surface area contributed by atoms with E-state index in [1.54, 1.807) is 30.9 Å². The predicted octanol–water partition coefficient (Wildman–Crippen LogP) is 2.24. The summed E-state index contributed by atoms with van der Waals surface area (Å²) in [6.45, 7) is 10.2. The Morgan fingerprint density at radius 2 is 1.74 bits per heavy atom. The summed E-state index contributed by atoms with van der Waals surface area (Å²) in [7, 11) is 4.84. The summed E-state index contributed by atoms with van der Waals surface area (Å²) in [5.74, 6) is -1.53. The van der Waals surface area contributed by atoms with Crippen LogP contribution in [0.2, 0.25) is 0 Å². The first-order valence-corrected chi connectivity index (χ1v) is 21.0. The number of likely N-dealkylation sites (tertiary alicyclic amines) is 1. The number of nitrogens with one attached hydrogen (secondary N) is 4. The van der Waals surface area contributed by atoms with Crippen molar-refractivity contribution in [1.29, 1.82) is 0 Å². The van der Waals surface area contributed by atoms with Crippen LogP contribution in [0.4, 0.5) is 0 Å². The number of ether oxygens (including phenoxy) is 2. The van der Waals surface area contributed by atoms with Crippen molar-refractivity contribution in [3.8, 4) is 0 Å². The third kappa shape index (κ3) is 10.7. The number of carbonyl (C=O) groups is 5. The zero-order valence-corrected chi connectivity index (χ0v) is 35.5. The van der Waals surface area contributed by atoms with E-state index < -0.39 is 42.3 Å². The van der Waals surface area contributed by atoms with E-state index in [2.05, 4.69) is 36.6 Å². The molecule has 1 aromatic heterocycles. The van der Waals surface area contributed by atoms with Crippen molar-refractivity contribution in [3.05, 3.63) is 41.7 Å². The van der Waals surface area contributed by atoms with Crippen molar-refractivity contribution in [2.45, 2.75) is 141 Å². The number of ketones is 1. The summed E-state index contributed by atoms with van der Waals surface area (Å²) < 4.78 is 12.0. The van der Waals surface area contributed by atoms with Crippen LogP contribution in [0.15, 0.2) is 30.3 Å². The lowest BCUT2D eigenvalue weighted by Gasteiger charge is -2.41. The van der Waals surface area contributed by atoms with Crippen LogP contribution in [0, 0.1) is 23.7 Å². The topological polar surface area (TPSA) is 201 Å². The van der Waals surface area contributed by atoms with E-state index in [9.17, 15) is 24.0 Å². The van der Waals surface area contributed by atoms with Gasteiger partial charge in [0.25, 0.3) is 0 Å². The number of amides is 4. The quantitative estimate of drug-likeness (QED) is 0.144. The van der Waals surface area contributed by atoms with Gasteiger partial charge in [0.2, 0.25) is 23.6 Å². The van der Waals surface area contributed by atoms with Gasteiger partial charge in [-0.1, -0.05) is 76.6 Å². The van der Waals surface area contributed by atoms with Gasteiger partial charge in [-0.3, -0.25) is 24.0 Å². The molecule has 58 heavy (non-hydrogen) atoms. The van der Waals surface area contributed by atoms with Crippen molar-refractivity contribution >= 4 is 29.4 Å². The summed E-state index contributed by atoms with van der Waals surface area (Å²) in [4.78, 5) is 72.9. The van der Waals surface area contributed by atoms with E-state index in [0.717, 1.165) is 37.7 Å². The summed E-state index contributed by atoms with van der Waals surface area (Å²) in [6, 6.07) is 7.06. The molecule has 16 nitrogen and oxygen atoms in total. The zero-order chi connectivity index (χ0) is 42.1. The second-order valence-corrected chi connectivity index (χ2v) is 17.0. The normalized spacial score (nSPS) is 23.8. The fourth-order valence-corrected chi connectivity index (χ4v) is 9.37. The van der Waals surface area contributed by atoms with Crippen LogP contribution in [0.1, 0.15) is 91.0 Å². The molecule has 4 amide bonds. The third-order valence-corrected chi connectivity index (χ3v) is 12.8. The van der Waals surface area contributed by atoms with E-state index >= 15 is 0 Å². The number of rotatable bonds is 21. The largest absolute Gasteiger partial charge is 0.379 e. The Balaban J connectivity index is 1.26. The summed E-state index contributed by atoms with van der Waals surface area (Å²) >= 11 is 0. The van der Waals surface area contributed by atoms with E-state index in [1.807, 2.05) is 58.0 Å². The first-order valence-electron chi connectivity index (χ1n) is 21.0. The lowest BCUT2D eigenvalue weighted by Crippen LogP contribution is -2.60. The van der Waals surface area contributed by atoms with Crippen LogP contribution < -0.4 is 16.0 Å². The first-order chi connectivity index (χ1) is 27.8. The molecule has 1 aromatic carbocycles. The molecule has 0 spiro atoms. The maximum atomic E-state index is 14.3. The standard InChI is InChI=1S/C42H65N9O7/c1-9-25(4)38(50(6)42(56)36(24(2)3)45-41(55)37-28-17-18-29(21-28)43-37)33(57-7)23-35(53)51-19-13-16-31(51)39(58-8)26(5)40(54)44-30(20-27-14-11-10-12-15-27)32(52)22-34-46-48-49-47-34/h10-12,14-15,24-26,28-31,33,36-39,43H,9,13,16-23H2,1-8H3,(H,44,54)(H,45,55)(H,46,47,48,49)/t25-,26+,28-,29+,30-,31-,33+,36-,37-,38-,39+/m0/s1. The molecule has 0 radical (unpaired) electrons. The van der Waals surface area contributed by atoms with E-state index in [0.29, 0.717) is 24.9 Å². The number of tetrazole rings is 1. The van der Waals surface area contributed by atoms with E-state index in [4.69, 9.17) is 9.47 Å². The van der Waals surface area contributed by atoms with Crippen LogP contribution >= 0.6 is 0 Å². The molecular formula is C42H65N9O7. The second kappa shape index (κ2) is 20.6. The molecule has 3 aliphatic rings. The maximum absolute atomic E-state index is 14.3. The Bertz CT molecular complexity index is 1680. The molecular weight excluding hydrogens is 743 g/mol. The number of likely N-dealkylation sites (N-methyl/N-ethyl adjacent to an activating group) is 1. The lowest BCUT2D eigenvalue weighted by molar-refractivity contribution is -0.148. The molecule has 2 aliphatic heterocycles. The lowest BCUT2D eigenvalue weighted by atomic mass is 9.89. The number of nitrogens with zero attached hydrogens (tertiary/aromatic N) is 5. The number of benzene rings is 1. The van der Waals surface area contributed by atoms with Gasteiger partial charge in [-0.05, 0) is 61.8 Å². The SMILES string of the molecule is CC[C@H](C)[C@@H]([C@@H](CC(=O)N1CCC[C@H]1[C@H](OC)[C@@H](C)C(=O)N[C@@H](Cc1ccccc1)C(=O)Cc1nn[nH]n1)OC)N(C)C(=O)[C@@H](NC(=O)[C@H]1N[C@@H]2CC[C@H]1C2)C(C)C. The minimum absolute atomic E-state index is 0.00807. The van der Waals surface area contributed by atoms with Crippen LogP contribution in [-0.4, -0.2) is 136 Å². The first kappa shape index (κ1) is 44.8. The molecule has 2 aromatic rings. The number of H-pyrrole nitrogens is 1. The molecule has 320 valence electrons. The Hall–Kier alpha value is -4.28. The minimum atomic E-state index is -0.854. The molecule has 1 aliphatic carbocycles. The third-order valence-electron chi connectivity index (χ3n) is 12.8. The van der Waals surface area contributed by atoms with Crippen molar-refractivity contribution in [2.75, 3.05) is 27.8 Å². The van der Waals surface area contributed by atoms with Crippen LogP contribution in [0.25, 0.3) is 0 Å². The Kier molecular flexibility index (Phi) is 15.9. The van der Waals surface area contributed by atoms with Gasteiger partial charge in [0, 0.05) is 33.9 Å². The molecule has 2 saturated heterocycles. The van der Waals surface area contributed by atoms with Gasteiger partial charge in [-0.2, -0.15) is 5.21 Å². The molecule has 4 N–H and O–H groups in total. The highest BCUT2D eigenvalue weighted by molar-refractivity contribution is 5.92. The summed E-state index contributed by atoms with van der Waals surface area (Å²) in [5.41, 5.74) is 0.881. The Labute approximate surface area is 342 Å². The highest BCUT2D eigenvalue weighted by Crippen LogP contribution is 2.35. The number of fused-ring (bicyclic) bond motifs is 2. The number of hydrogen-bond donors (Lipinski definition) is 4. The molecule has 0 unspecified atom stereocenters. The average molecular weight is 808 g/mol. The molecule has 1 saturated carbocycles. The van der Waals surface area contributed by atoms with Gasteiger partial charge in [-0.25, -0.2) is 0 Å². The predicted molar refractivity (Wildman–Crippen MR) is 216 cm³/mol. The highest BCUT2D eigenvalue weighted by atomic mass is 16.5. The van der Waals surface area contributed by atoms with Crippen LogP contribution in [0.3, 0.4) is 0 Å². The average Bonchev–Trinajstić information content (AvgIpc) is 4.06. The Morgan fingerprint density at radius 1 is 1.00 bits per heavy atom. The zero-order valence-electron chi connectivity index (χ0n) is 35.5. The van der Waals surface area contributed by atoms with Gasteiger partial charge in [-0.15, -0.1) is 10.2 Å². The van der Waals surface area contributed by atoms with Crippen LogP contribution in [0.5, 0.6) is 0 Å². The summed E-state index contributed by atoms with van der Waals surface area (Å²) in [6.07, 6.45) is 4.06. The van der Waals surface area contributed by atoms with Crippen molar-refractivity contribution in [3.63, 3.8) is 0 Å². The molecule has 11 atom stereocenters. The van der Waals surface area contributed by atoms with Crippen molar-refractivity contribution in [1.82, 2.24) is 46.4 Å². The van der Waals surface area contributed by atoms with E-state index in [-0.39, 0.29) is 72.4 Å². The van der Waals surface area contributed by atoms with Gasteiger partial charge < -0.3 is 35.2 Å². The maximum Gasteiger partial charge on any atom is 0.245 e. The summed E-state index contributed by atoms with van der Waals surface area (Å²) in [5, 5.41) is 23.2. The molecule has 2 bridgehead atoms. The number of aromatic amines is 1. The number of carbonyl (C=O) groups excluding carboxylic acids is 5. The van der Waals surface area contributed by atoms with Crippen molar-refractivity contribution < 1.29 is 33.4 Å². The molecule has 3 fully saturated rings. The van der Waals surface area contributed by atoms with Gasteiger partial charge in [0.15, 0.2) is 11.6 Å². The molecule has 5 rings (SSSR count). The number of piperidine rings is 1. The monoisotopic (exact) mass is 808 g/mol.